The second-order valence-corrected chi connectivity index (χ2v) is 5.26. The van der Waals surface area contributed by atoms with Gasteiger partial charge in [-0.3, -0.25) is 0 Å². The molecule has 7 heteroatoms. The number of hydrogen-bond acceptors (Lipinski definition) is 4. The fourth-order valence-corrected chi connectivity index (χ4v) is 1.12. The molecule has 0 amide bonds. The molecule has 0 aliphatic heterocycles. The monoisotopic (exact) mass is 240 g/mol. The fourth-order valence-electron chi connectivity index (χ4n) is 0.530. The Labute approximate surface area is 87.6 Å². The van der Waals surface area contributed by atoms with E-state index in [1.807, 2.05) is 0 Å². The number of ether oxygens (including phenoxy) is 1. The van der Waals surface area contributed by atoms with Crippen LogP contribution in [0.1, 0.15) is 13.3 Å². The van der Waals surface area contributed by atoms with Gasteiger partial charge in [0.2, 0.25) is 0 Å². The number of rotatable bonds is 6. The molecule has 0 heterocycles. The van der Waals surface area contributed by atoms with Crippen molar-refractivity contribution in [2.75, 3.05) is 13.2 Å². The molecular weight excluding hydrogens is 227 g/mol. The number of carbonyl (C=O) groups excluding carboxylic acids is 1. The first-order valence-electron chi connectivity index (χ1n) is 3.85. The molecule has 0 spiro atoms. The molecule has 0 radical (unpaired) electrons. The maximum absolute atomic E-state index is 10.8. The first-order valence-corrected chi connectivity index (χ1v) is 6.48. The van der Waals surface area contributed by atoms with Crippen molar-refractivity contribution < 1.29 is 23.8 Å². The van der Waals surface area contributed by atoms with E-state index in [9.17, 15) is 4.79 Å². The summed E-state index contributed by atoms with van der Waals surface area (Å²) in [4.78, 5) is 28.1. The highest BCUT2D eigenvalue weighted by Crippen LogP contribution is 2.36. The Morgan fingerprint density at radius 3 is 2.50 bits per heavy atom. The highest BCUT2D eigenvalue weighted by atomic mass is 32.5. The van der Waals surface area contributed by atoms with E-state index in [4.69, 9.17) is 14.5 Å². The number of esters is 1. The van der Waals surface area contributed by atoms with Crippen molar-refractivity contribution in [1.82, 2.24) is 0 Å². The lowest BCUT2D eigenvalue weighted by Crippen LogP contribution is -2.07. The van der Waals surface area contributed by atoms with Crippen molar-refractivity contribution in [1.29, 1.82) is 0 Å². The first kappa shape index (κ1) is 13.7. The molecule has 0 aliphatic rings. The van der Waals surface area contributed by atoms with Crippen molar-refractivity contribution in [2.24, 2.45) is 0 Å². The lowest BCUT2D eigenvalue weighted by molar-refractivity contribution is -0.139. The van der Waals surface area contributed by atoms with Gasteiger partial charge in [-0.1, -0.05) is 6.58 Å². The zero-order valence-electron chi connectivity index (χ0n) is 7.80. The quantitative estimate of drug-likeness (QED) is 0.308. The van der Waals surface area contributed by atoms with Gasteiger partial charge >= 0.3 is 12.7 Å². The second kappa shape index (κ2) is 6.27. The van der Waals surface area contributed by atoms with Crippen molar-refractivity contribution in [3.05, 3.63) is 12.2 Å². The molecule has 14 heavy (non-hydrogen) atoms. The zero-order chi connectivity index (χ0) is 11.2. The molecule has 82 valence electrons. The fraction of sp³-hybridized carbons (Fsp3) is 0.571. The first-order chi connectivity index (χ1) is 6.33. The Morgan fingerprint density at radius 2 is 2.07 bits per heavy atom. The van der Waals surface area contributed by atoms with E-state index in [-0.39, 0.29) is 13.2 Å². The average Bonchev–Trinajstić information content (AvgIpc) is 2.01. The highest BCUT2D eigenvalue weighted by molar-refractivity contribution is 8.06. The van der Waals surface area contributed by atoms with Crippen LogP contribution in [0.4, 0.5) is 0 Å². The van der Waals surface area contributed by atoms with Crippen LogP contribution in [-0.2, 0) is 25.9 Å². The summed E-state index contributed by atoms with van der Waals surface area (Å²) in [5, 5.41) is 0. The van der Waals surface area contributed by atoms with E-state index in [1.165, 1.54) is 0 Å². The molecule has 0 aromatic heterocycles. The van der Waals surface area contributed by atoms with Crippen molar-refractivity contribution in [3.8, 4) is 0 Å². The third kappa shape index (κ3) is 8.34. The van der Waals surface area contributed by atoms with E-state index in [0.717, 1.165) is 0 Å². The van der Waals surface area contributed by atoms with Gasteiger partial charge in [0.15, 0.2) is 0 Å². The van der Waals surface area contributed by atoms with Crippen molar-refractivity contribution in [2.45, 2.75) is 13.3 Å². The van der Waals surface area contributed by atoms with Crippen LogP contribution in [0, 0.1) is 0 Å². The summed E-state index contributed by atoms with van der Waals surface area (Å²) in [7, 11) is 0. The number of hydrogen-bond donors (Lipinski definition) is 2. The molecule has 0 aromatic rings. The largest absolute Gasteiger partial charge is 0.462 e. The maximum Gasteiger partial charge on any atom is 0.333 e. The van der Waals surface area contributed by atoms with Crippen LogP contribution in [0.25, 0.3) is 0 Å². The molecule has 0 bridgehead atoms. The van der Waals surface area contributed by atoms with E-state index >= 15 is 0 Å². The lowest BCUT2D eigenvalue weighted by atomic mass is 10.4. The second-order valence-electron chi connectivity index (χ2n) is 2.59. The highest BCUT2D eigenvalue weighted by Gasteiger charge is 2.07. The van der Waals surface area contributed by atoms with Crippen LogP contribution < -0.4 is 0 Å². The number of carbonyl (C=O) groups is 1. The smallest absolute Gasteiger partial charge is 0.333 e. The van der Waals surface area contributed by atoms with E-state index < -0.39 is 12.7 Å². The molecule has 0 saturated heterocycles. The molecule has 5 nitrogen and oxygen atoms in total. The van der Waals surface area contributed by atoms with E-state index in [2.05, 4.69) is 22.9 Å². The molecular formula is C7H13O5PS. The Hall–Kier alpha value is -0.260. The molecule has 0 unspecified atom stereocenters. The van der Waals surface area contributed by atoms with Crippen molar-refractivity contribution >= 4 is 24.5 Å². The van der Waals surface area contributed by atoms with Gasteiger partial charge in [-0.25, -0.2) is 4.79 Å². The normalized spacial score (nSPS) is 11.1. The predicted molar refractivity (Wildman–Crippen MR) is 55.1 cm³/mol. The lowest BCUT2D eigenvalue weighted by Gasteiger charge is -2.08. The minimum Gasteiger partial charge on any atom is -0.462 e. The molecule has 0 saturated carbocycles. The van der Waals surface area contributed by atoms with E-state index in [1.54, 1.807) is 6.92 Å². The van der Waals surface area contributed by atoms with Gasteiger partial charge in [0.05, 0.1) is 13.2 Å². The summed E-state index contributed by atoms with van der Waals surface area (Å²) in [5.41, 5.74) is 0.320. The molecule has 0 aromatic carbocycles. The third-order valence-electron chi connectivity index (χ3n) is 1.13. The Morgan fingerprint density at radius 1 is 1.50 bits per heavy atom. The van der Waals surface area contributed by atoms with Crippen LogP contribution in [0.2, 0.25) is 0 Å². The summed E-state index contributed by atoms with van der Waals surface area (Å²) in [5.74, 6) is -0.475. The van der Waals surface area contributed by atoms with Gasteiger partial charge in [-0.05, 0) is 18.7 Å². The van der Waals surface area contributed by atoms with Crippen molar-refractivity contribution in [3.63, 3.8) is 0 Å². The van der Waals surface area contributed by atoms with E-state index in [0.29, 0.717) is 12.0 Å². The Bertz CT molecular complexity index is 259. The summed E-state index contributed by atoms with van der Waals surface area (Å²) in [6, 6.07) is 0. The SMILES string of the molecule is C=C(C)C(=O)OCCCOP(O)(O)=S. The molecule has 0 atom stereocenters. The average molecular weight is 240 g/mol. The van der Waals surface area contributed by atoms with Gasteiger partial charge in [0, 0.05) is 12.0 Å². The summed E-state index contributed by atoms with van der Waals surface area (Å²) >= 11 is 4.21. The maximum atomic E-state index is 10.8. The topological polar surface area (TPSA) is 76.0 Å². The Balaban J connectivity index is 3.44. The molecule has 0 aliphatic carbocycles. The van der Waals surface area contributed by atoms with Crippen LogP contribution in [0.5, 0.6) is 0 Å². The van der Waals surface area contributed by atoms with Gasteiger partial charge in [-0.15, -0.1) is 0 Å². The minimum absolute atomic E-state index is 0.0494. The zero-order valence-corrected chi connectivity index (χ0v) is 9.51. The van der Waals surface area contributed by atoms with Crippen LogP contribution >= 0.6 is 6.72 Å². The molecule has 0 fully saturated rings. The molecule has 0 rings (SSSR count). The van der Waals surface area contributed by atoms with Gasteiger partial charge in [0.1, 0.15) is 0 Å². The standard InChI is InChI=1S/C7H13O5PS/c1-6(2)7(8)11-4-3-5-12-13(9,10)14/h1,3-5H2,2H3,(H2,9,10,14). The van der Waals surface area contributed by atoms with Gasteiger partial charge in [-0.2, -0.15) is 0 Å². The Kier molecular flexibility index (Phi) is 6.15. The predicted octanol–water partition coefficient (Wildman–Crippen LogP) is 0.721. The van der Waals surface area contributed by atoms with Gasteiger partial charge in [0.25, 0.3) is 0 Å². The summed E-state index contributed by atoms with van der Waals surface area (Å²) in [6.45, 7) is 1.55. The van der Waals surface area contributed by atoms with Crippen LogP contribution in [0.15, 0.2) is 12.2 Å². The van der Waals surface area contributed by atoms with Gasteiger partial charge < -0.3 is 19.0 Å². The van der Waals surface area contributed by atoms with Crippen LogP contribution in [-0.4, -0.2) is 29.0 Å². The summed E-state index contributed by atoms with van der Waals surface area (Å²) < 4.78 is 9.21. The summed E-state index contributed by atoms with van der Waals surface area (Å²) in [6.07, 6.45) is 0.360. The third-order valence-corrected chi connectivity index (χ3v) is 1.96. The molecule has 2 N–H and O–H groups in total. The van der Waals surface area contributed by atoms with Crippen LogP contribution in [0.3, 0.4) is 0 Å². The minimum atomic E-state index is -3.57.